The van der Waals surface area contributed by atoms with Crippen LogP contribution in [0.3, 0.4) is 0 Å². The van der Waals surface area contributed by atoms with Crippen LogP contribution in [0.25, 0.3) is 11.4 Å². The highest BCUT2D eigenvalue weighted by molar-refractivity contribution is 6.39. The van der Waals surface area contributed by atoms with Crippen LogP contribution in [-0.2, 0) is 15.8 Å². The number of hydrogen-bond acceptors (Lipinski definition) is 7. The van der Waals surface area contributed by atoms with E-state index in [0.29, 0.717) is 0 Å². The van der Waals surface area contributed by atoms with E-state index in [-0.39, 0.29) is 36.0 Å². The van der Waals surface area contributed by atoms with Gasteiger partial charge in [-0.3, -0.25) is 9.59 Å². The van der Waals surface area contributed by atoms with E-state index in [1.807, 2.05) is 0 Å². The first-order valence-electron chi connectivity index (χ1n) is 9.39. The number of anilines is 1. The summed E-state index contributed by atoms with van der Waals surface area (Å²) in [4.78, 5) is 27.1. The molecule has 0 radical (unpaired) electrons. The Bertz CT molecular complexity index is 1170. The summed E-state index contributed by atoms with van der Waals surface area (Å²) < 4.78 is 72.8. The van der Waals surface area contributed by atoms with E-state index in [1.54, 1.807) is 0 Å². The third-order valence-electron chi connectivity index (χ3n) is 4.11. The van der Waals surface area contributed by atoms with Gasteiger partial charge >= 0.3 is 23.9 Å². The molecule has 1 unspecified atom stereocenters. The van der Waals surface area contributed by atoms with E-state index in [1.165, 1.54) is 24.3 Å². The monoisotopic (exact) mass is 486 g/mol. The number of aliphatic hydroxyl groups is 1. The highest BCUT2D eigenvalue weighted by atomic mass is 19.4. The number of nitrogens with one attached hydrogen (secondary N) is 2. The molecule has 1 heterocycles. The predicted molar refractivity (Wildman–Crippen MR) is 104 cm³/mol. The van der Waals surface area contributed by atoms with E-state index in [2.05, 4.69) is 25.3 Å². The summed E-state index contributed by atoms with van der Waals surface area (Å²) in [5.41, 5.74) is 0.316. The van der Waals surface area contributed by atoms with Crippen molar-refractivity contribution in [2.45, 2.75) is 12.3 Å². The van der Waals surface area contributed by atoms with E-state index in [4.69, 9.17) is 4.74 Å². The molecule has 1 atom stereocenters. The van der Waals surface area contributed by atoms with Crippen LogP contribution in [0.4, 0.5) is 27.6 Å². The number of rotatable bonds is 7. The van der Waals surface area contributed by atoms with Crippen molar-refractivity contribution in [1.29, 1.82) is 0 Å². The van der Waals surface area contributed by atoms with Crippen molar-refractivity contribution < 1.29 is 45.9 Å². The molecule has 0 fully saturated rings. The molecule has 0 bridgehead atoms. The molecule has 0 aliphatic rings. The van der Waals surface area contributed by atoms with Gasteiger partial charge in [-0.2, -0.15) is 18.2 Å². The van der Waals surface area contributed by atoms with Crippen LogP contribution >= 0.6 is 0 Å². The Morgan fingerprint density at radius 2 is 1.76 bits per heavy atom. The average molecular weight is 486 g/mol. The number of aromatic nitrogens is 2. The molecule has 3 rings (SSSR count). The number of hydrogen-bond donors (Lipinski definition) is 3. The number of carbonyl (C=O) groups excluding carboxylic acids is 2. The summed E-state index contributed by atoms with van der Waals surface area (Å²) in [6.45, 7) is -0.755. The van der Waals surface area contributed by atoms with Crippen molar-refractivity contribution in [3.05, 3.63) is 60.0 Å². The standard InChI is InChI=1S/C20H15F5N4O5/c21-14-6-5-13(7-15(14)22)33-9-12(30)8-26-17(31)18(32)27-11-3-1-10(2-4-11)16-28-19(34-29-16)20(23,24)25/h1-7,12,30H,8-9H2,(H,26,31)(H,27,32). The Morgan fingerprint density at radius 1 is 1.06 bits per heavy atom. The smallest absolute Gasteiger partial charge is 0.471 e. The summed E-state index contributed by atoms with van der Waals surface area (Å²) >= 11 is 0. The number of ether oxygens (including phenoxy) is 1. The Labute approximate surface area is 187 Å². The Balaban J connectivity index is 1.46. The number of aliphatic hydroxyl groups excluding tert-OH is 1. The summed E-state index contributed by atoms with van der Waals surface area (Å²) in [6, 6.07) is 7.99. The average Bonchev–Trinajstić information content (AvgIpc) is 3.29. The lowest BCUT2D eigenvalue weighted by Gasteiger charge is -2.13. The molecule has 0 aliphatic heterocycles. The summed E-state index contributed by atoms with van der Waals surface area (Å²) in [6.07, 6.45) is -6.05. The molecular weight excluding hydrogens is 471 g/mol. The lowest BCUT2D eigenvalue weighted by molar-refractivity contribution is -0.159. The second kappa shape index (κ2) is 10.2. The summed E-state index contributed by atoms with van der Waals surface area (Å²) in [5.74, 6) is -6.23. The van der Waals surface area contributed by atoms with E-state index < -0.39 is 41.6 Å². The number of amides is 2. The van der Waals surface area contributed by atoms with Crippen molar-refractivity contribution >= 4 is 17.5 Å². The van der Waals surface area contributed by atoms with Gasteiger partial charge in [0.25, 0.3) is 0 Å². The molecule has 0 saturated carbocycles. The minimum atomic E-state index is -4.79. The van der Waals surface area contributed by atoms with Gasteiger partial charge in [-0.15, -0.1) is 0 Å². The van der Waals surface area contributed by atoms with Gasteiger partial charge in [0.1, 0.15) is 18.5 Å². The summed E-state index contributed by atoms with van der Waals surface area (Å²) in [7, 11) is 0. The van der Waals surface area contributed by atoms with Gasteiger partial charge in [0, 0.05) is 23.9 Å². The van der Waals surface area contributed by atoms with Gasteiger partial charge in [0.05, 0.1) is 0 Å². The molecular formula is C20H15F5N4O5. The Morgan fingerprint density at radius 3 is 2.38 bits per heavy atom. The highest BCUT2D eigenvalue weighted by Crippen LogP contribution is 2.29. The molecule has 1 aromatic heterocycles. The number of carbonyl (C=O) groups is 2. The van der Waals surface area contributed by atoms with Crippen LogP contribution < -0.4 is 15.4 Å². The third kappa shape index (κ3) is 6.48. The van der Waals surface area contributed by atoms with Crippen molar-refractivity contribution in [1.82, 2.24) is 15.5 Å². The fourth-order valence-corrected chi connectivity index (χ4v) is 2.46. The first-order valence-corrected chi connectivity index (χ1v) is 9.39. The quantitative estimate of drug-likeness (QED) is 0.346. The van der Waals surface area contributed by atoms with Crippen LogP contribution in [0, 0.1) is 11.6 Å². The molecule has 0 aliphatic carbocycles. The molecule has 0 saturated heterocycles. The van der Waals surface area contributed by atoms with Gasteiger partial charge in [-0.05, 0) is 36.4 Å². The number of halogens is 5. The van der Waals surface area contributed by atoms with Crippen molar-refractivity contribution in [2.75, 3.05) is 18.5 Å². The maximum Gasteiger partial charge on any atom is 0.471 e. The number of benzene rings is 2. The minimum Gasteiger partial charge on any atom is -0.491 e. The first-order chi connectivity index (χ1) is 16.0. The normalized spacial score (nSPS) is 12.2. The molecule has 9 nitrogen and oxygen atoms in total. The maximum atomic E-state index is 13.1. The zero-order valence-electron chi connectivity index (χ0n) is 16.9. The van der Waals surface area contributed by atoms with E-state index in [9.17, 15) is 36.6 Å². The van der Waals surface area contributed by atoms with Crippen molar-refractivity contribution in [3.63, 3.8) is 0 Å². The van der Waals surface area contributed by atoms with Crippen LogP contribution in [0.5, 0.6) is 5.75 Å². The SMILES string of the molecule is O=C(NCC(O)COc1ccc(F)c(F)c1)C(=O)Nc1ccc(-c2noc(C(F)(F)F)n2)cc1. The Kier molecular flexibility index (Phi) is 7.40. The van der Waals surface area contributed by atoms with Crippen molar-refractivity contribution in [2.24, 2.45) is 0 Å². The fourth-order valence-electron chi connectivity index (χ4n) is 2.46. The van der Waals surface area contributed by atoms with Crippen LogP contribution in [0.2, 0.25) is 0 Å². The molecule has 3 N–H and O–H groups in total. The zero-order valence-corrected chi connectivity index (χ0v) is 16.9. The summed E-state index contributed by atoms with van der Waals surface area (Å²) in [5, 5.41) is 17.5. The molecule has 14 heteroatoms. The topological polar surface area (TPSA) is 127 Å². The predicted octanol–water partition coefficient (Wildman–Crippen LogP) is 2.53. The molecule has 2 aromatic carbocycles. The Hall–Kier alpha value is -4.07. The zero-order chi connectivity index (χ0) is 24.9. The molecule has 0 spiro atoms. The number of nitrogens with zero attached hydrogens (tertiary/aromatic N) is 2. The van der Waals surface area contributed by atoms with Gasteiger partial charge in [-0.25, -0.2) is 8.78 Å². The third-order valence-corrected chi connectivity index (χ3v) is 4.11. The van der Waals surface area contributed by atoms with Gasteiger partial charge in [-0.1, -0.05) is 5.16 Å². The highest BCUT2D eigenvalue weighted by Gasteiger charge is 2.38. The molecule has 3 aromatic rings. The van der Waals surface area contributed by atoms with Crippen LogP contribution in [-0.4, -0.2) is 46.3 Å². The largest absolute Gasteiger partial charge is 0.491 e. The van der Waals surface area contributed by atoms with Crippen LogP contribution in [0.1, 0.15) is 5.89 Å². The fraction of sp³-hybridized carbons (Fsp3) is 0.200. The van der Waals surface area contributed by atoms with Gasteiger partial charge in [0.15, 0.2) is 11.6 Å². The second-order valence-corrected chi connectivity index (χ2v) is 6.70. The maximum absolute atomic E-state index is 13.1. The molecule has 2 amide bonds. The van der Waals surface area contributed by atoms with E-state index >= 15 is 0 Å². The van der Waals surface area contributed by atoms with Crippen LogP contribution in [0.15, 0.2) is 47.0 Å². The number of alkyl halides is 3. The van der Waals surface area contributed by atoms with Crippen molar-refractivity contribution in [3.8, 4) is 17.1 Å². The molecule has 180 valence electrons. The molecule has 34 heavy (non-hydrogen) atoms. The first kappa shape index (κ1) is 24.6. The lowest BCUT2D eigenvalue weighted by Crippen LogP contribution is -2.41. The van der Waals surface area contributed by atoms with E-state index in [0.717, 1.165) is 18.2 Å². The van der Waals surface area contributed by atoms with Gasteiger partial charge in [0.2, 0.25) is 5.82 Å². The minimum absolute atomic E-state index is 0.0408. The van der Waals surface area contributed by atoms with Gasteiger partial charge < -0.3 is 25.0 Å². The second-order valence-electron chi connectivity index (χ2n) is 6.70. The lowest BCUT2D eigenvalue weighted by atomic mass is 10.2.